The smallest absolute Gasteiger partial charge is 0.232 e. The predicted octanol–water partition coefficient (Wildman–Crippen LogP) is 1.99. The van der Waals surface area contributed by atoms with E-state index in [1.165, 1.54) is 25.7 Å². The van der Waals surface area contributed by atoms with Crippen LogP contribution in [0.1, 0.15) is 56.3 Å². The Hall–Kier alpha value is -0.900. The predicted molar refractivity (Wildman–Crippen MR) is 55.1 cm³/mol. The summed E-state index contributed by atoms with van der Waals surface area (Å²) in [5, 5.41) is 8.14. The van der Waals surface area contributed by atoms with Gasteiger partial charge >= 0.3 is 0 Å². The van der Waals surface area contributed by atoms with Gasteiger partial charge in [-0.15, -0.1) is 10.2 Å². The van der Waals surface area contributed by atoms with Crippen molar-refractivity contribution in [3.05, 3.63) is 11.8 Å². The van der Waals surface area contributed by atoms with Gasteiger partial charge in [-0.2, -0.15) is 0 Å². The minimum absolute atomic E-state index is 0.148. The molecule has 82 valence electrons. The van der Waals surface area contributed by atoms with E-state index in [9.17, 15) is 0 Å². The largest absolute Gasteiger partial charge is 0.423 e. The van der Waals surface area contributed by atoms with Gasteiger partial charge in [-0.05, 0) is 38.0 Å². The molecule has 0 spiro atoms. The molecular formula is C11H17N3O. The van der Waals surface area contributed by atoms with Gasteiger partial charge in [0.2, 0.25) is 11.8 Å². The summed E-state index contributed by atoms with van der Waals surface area (Å²) in [4.78, 5) is 0. The maximum absolute atomic E-state index is 5.71. The molecule has 4 atom stereocenters. The molecule has 1 heterocycles. The zero-order valence-corrected chi connectivity index (χ0v) is 9.02. The lowest BCUT2D eigenvalue weighted by Crippen LogP contribution is -2.08. The topological polar surface area (TPSA) is 64.9 Å². The van der Waals surface area contributed by atoms with E-state index < -0.39 is 0 Å². The zero-order chi connectivity index (χ0) is 10.4. The van der Waals surface area contributed by atoms with Crippen LogP contribution in [0.25, 0.3) is 0 Å². The van der Waals surface area contributed by atoms with Gasteiger partial charge < -0.3 is 10.2 Å². The molecule has 1 aromatic heterocycles. The molecule has 2 bridgehead atoms. The molecule has 4 heteroatoms. The molecule has 0 amide bonds. The van der Waals surface area contributed by atoms with Crippen LogP contribution < -0.4 is 5.73 Å². The van der Waals surface area contributed by atoms with E-state index in [4.69, 9.17) is 10.2 Å². The first-order valence-electron chi connectivity index (χ1n) is 5.83. The van der Waals surface area contributed by atoms with Crippen molar-refractivity contribution in [2.45, 2.75) is 44.6 Å². The lowest BCUT2D eigenvalue weighted by atomic mass is 9.89. The van der Waals surface area contributed by atoms with E-state index in [0.717, 1.165) is 17.7 Å². The standard InChI is InChI=1S/C11H17N3O/c1-6(12)10-13-14-11(15-10)9-5-7-2-3-8(9)4-7/h6-9H,2-5,12H2,1H3. The summed E-state index contributed by atoms with van der Waals surface area (Å²) in [5.41, 5.74) is 5.71. The van der Waals surface area contributed by atoms with Crippen LogP contribution in [-0.4, -0.2) is 10.2 Å². The first-order chi connectivity index (χ1) is 7.24. The molecular weight excluding hydrogens is 190 g/mol. The van der Waals surface area contributed by atoms with Crippen molar-refractivity contribution in [1.82, 2.24) is 10.2 Å². The summed E-state index contributed by atoms with van der Waals surface area (Å²) >= 11 is 0. The summed E-state index contributed by atoms with van der Waals surface area (Å²) in [6, 6.07) is -0.148. The Morgan fingerprint density at radius 1 is 1.33 bits per heavy atom. The molecule has 2 N–H and O–H groups in total. The van der Waals surface area contributed by atoms with Gasteiger partial charge in [0.15, 0.2) is 0 Å². The van der Waals surface area contributed by atoms with Crippen molar-refractivity contribution in [2.75, 3.05) is 0 Å². The first kappa shape index (κ1) is 9.33. The van der Waals surface area contributed by atoms with Crippen LogP contribution in [0.2, 0.25) is 0 Å². The maximum Gasteiger partial charge on any atom is 0.232 e. The highest BCUT2D eigenvalue weighted by atomic mass is 16.4. The summed E-state index contributed by atoms with van der Waals surface area (Å²) in [6.07, 6.45) is 5.34. The minimum Gasteiger partial charge on any atom is -0.423 e. The number of rotatable bonds is 2. The first-order valence-corrected chi connectivity index (χ1v) is 5.83. The SMILES string of the molecule is CC(N)c1nnc(C2CC3CCC2C3)o1. The van der Waals surface area contributed by atoms with Crippen LogP contribution in [0.4, 0.5) is 0 Å². The third kappa shape index (κ3) is 1.47. The van der Waals surface area contributed by atoms with Crippen molar-refractivity contribution in [1.29, 1.82) is 0 Å². The van der Waals surface area contributed by atoms with Gasteiger partial charge in [-0.1, -0.05) is 6.42 Å². The number of hydrogen-bond acceptors (Lipinski definition) is 4. The summed E-state index contributed by atoms with van der Waals surface area (Å²) < 4.78 is 5.63. The molecule has 4 unspecified atom stereocenters. The Bertz CT molecular complexity index is 360. The van der Waals surface area contributed by atoms with Gasteiger partial charge in [-0.3, -0.25) is 0 Å². The van der Waals surface area contributed by atoms with Crippen LogP contribution in [0.3, 0.4) is 0 Å². The minimum atomic E-state index is -0.148. The molecule has 2 fully saturated rings. The van der Waals surface area contributed by atoms with E-state index >= 15 is 0 Å². The van der Waals surface area contributed by atoms with E-state index in [2.05, 4.69) is 10.2 Å². The van der Waals surface area contributed by atoms with Crippen LogP contribution >= 0.6 is 0 Å². The molecule has 15 heavy (non-hydrogen) atoms. The van der Waals surface area contributed by atoms with Crippen molar-refractivity contribution in [3.8, 4) is 0 Å². The third-order valence-corrected chi connectivity index (χ3v) is 3.90. The number of aromatic nitrogens is 2. The van der Waals surface area contributed by atoms with Crippen LogP contribution in [0, 0.1) is 11.8 Å². The second kappa shape index (κ2) is 3.30. The molecule has 1 aromatic rings. The summed E-state index contributed by atoms with van der Waals surface area (Å²) in [6.45, 7) is 1.87. The zero-order valence-electron chi connectivity index (χ0n) is 9.02. The lowest BCUT2D eigenvalue weighted by Gasteiger charge is -2.17. The second-order valence-electron chi connectivity index (χ2n) is 5.05. The fourth-order valence-corrected chi connectivity index (χ4v) is 3.13. The van der Waals surface area contributed by atoms with Crippen LogP contribution in [0.5, 0.6) is 0 Å². The molecule has 0 aromatic carbocycles. The van der Waals surface area contributed by atoms with E-state index in [-0.39, 0.29) is 6.04 Å². The Kier molecular flexibility index (Phi) is 2.06. The molecule has 3 rings (SSSR count). The molecule has 2 aliphatic carbocycles. The molecule has 2 aliphatic rings. The quantitative estimate of drug-likeness (QED) is 0.805. The van der Waals surface area contributed by atoms with Crippen molar-refractivity contribution in [3.63, 3.8) is 0 Å². The fraction of sp³-hybridized carbons (Fsp3) is 0.818. The van der Waals surface area contributed by atoms with E-state index in [1.54, 1.807) is 0 Å². The molecule has 0 radical (unpaired) electrons. The van der Waals surface area contributed by atoms with Gasteiger partial charge in [0.05, 0.1) is 6.04 Å². The number of fused-ring (bicyclic) bond motifs is 2. The van der Waals surface area contributed by atoms with Crippen molar-refractivity contribution in [2.24, 2.45) is 17.6 Å². The number of hydrogen-bond donors (Lipinski definition) is 1. The number of nitrogens with zero attached hydrogens (tertiary/aromatic N) is 2. The fourth-order valence-electron chi connectivity index (χ4n) is 3.13. The highest BCUT2D eigenvalue weighted by Gasteiger charge is 2.42. The molecule has 4 nitrogen and oxygen atoms in total. The maximum atomic E-state index is 5.71. The summed E-state index contributed by atoms with van der Waals surface area (Å²) in [5.74, 6) is 3.62. The van der Waals surface area contributed by atoms with Crippen molar-refractivity contribution >= 4 is 0 Å². The highest BCUT2D eigenvalue weighted by Crippen LogP contribution is 2.52. The van der Waals surface area contributed by atoms with E-state index in [0.29, 0.717) is 11.8 Å². The second-order valence-corrected chi connectivity index (χ2v) is 5.05. The molecule has 0 saturated heterocycles. The average Bonchev–Trinajstić information content (AvgIpc) is 2.93. The van der Waals surface area contributed by atoms with E-state index in [1.807, 2.05) is 6.92 Å². The normalized spacial score (nSPS) is 36.0. The van der Waals surface area contributed by atoms with Gasteiger partial charge in [0, 0.05) is 5.92 Å². The average molecular weight is 207 g/mol. The third-order valence-electron chi connectivity index (χ3n) is 3.90. The molecule has 2 saturated carbocycles. The number of nitrogens with two attached hydrogens (primary N) is 1. The van der Waals surface area contributed by atoms with Gasteiger partial charge in [-0.25, -0.2) is 0 Å². The van der Waals surface area contributed by atoms with Crippen molar-refractivity contribution < 1.29 is 4.42 Å². The summed E-state index contributed by atoms with van der Waals surface area (Å²) in [7, 11) is 0. The van der Waals surface area contributed by atoms with Gasteiger partial charge in [0.25, 0.3) is 0 Å². The Morgan fingerprint density at radius 2 is 2.20 bits per heavy atom. The van der Waals surface area contributed by atoms with Crippen LogP contribution in [-0.2, 0) is 0 Å². The highest BCUT2D eigenvalue weighted by molar-refractivity contribution is 5.04. The van der Waals surface area contributed by atoms with Crippen LogP contribution in [0.15, 0.2) is 4.42 Å². The molecule has 0 aliphatic heterocycles. The Labute approximate surface area is 89.2 Å². The lowest BCUT2D eigenvalue weighted by molar-refractivity contribution is 0.330. The van der Waals surface area contributed by atoms with Gasteiger partial charge in [0.1, 0.15) is 0 Å². The Morgan fingerprint density at radius 3 is 2.73 bits per heavy atom. The monoisotopic (exact) mass is 207 g/mol. The Balaban J connectivity index is 1.81.